The number of anilines is 1. The molecule has 0 spiro atoms. The zero-order valence-electron chi connectivity index (χ0n) is 20.1. The van der Waals surface area contributed by atoms with Crippen LogP contribution >= 0.6 is 34.5 Å². The monoisotopic (exact) mass is 556 g/mol. The van der Waals surface area contributed by atoms with Gasteiger partial charge in [0, 0.05) is 39.1 Å². The van der Waals surface area contributed by atoms with Gasteiger partial charge >= 0.3 is 6.16 Å². The number of hydrogen-bond acceptors (Lipinski definition) is 9. The smallest absolute Gasteiger partial charge is 0.434 e. The van der Waals surface area contributed by atoms with Crippen LogP contribution < -0.4 is 15.0 Å². The van der Waals surface area contributed by atoms with Crippen molar-refractivity contribution in [3.63, 3.8) is 0 Å². The number of carbonyl (C=O) groups is 2. The topological polar surface area (TPSA) is 124 Å². The second kappa shape index (κ2) is 11.1. The lowest BCUT2D eigenvalue weighted by Crippen LogP contribution is -2.55. The minimum absolute atomic E-state index is 0.192. The Bertz CT molecular complexity index is 1260. The highest BCUT2D eigenvalue weighted by Gasteiger charge is 2.34. The molecule has 0 unspecified atom stereocenters. The largest absolute Gasteiger partial charge is 0.514 e. The van der Waals surface area contributed by atoms with Crippen LogP contribution in [0.25, 0.3) is 11.4 Å². The van der Waals surface area contributed by atoms with Crippen LogP contribution in [0.2, 0.25) is 10.0 Å². The van der Waals surface area contributed by atoms with E-state index in [0.717, 1.165) is 0 Å². The average molecular weight is 557 g/mol. The number of aryl methyl sites for hydroxylation is 2. The third kappa shape index (κ3) is 5.46. The van der Waals surface area contributed by atoms with E-state index in [1.165, 1.54) is 11.3 Å². The van der Waals surface area contributed by atoms with Crippen molar-refractivity contribution in [3.8, 4) is 16.5 Å². The van der Waals surface area contributed by atoms with Crippen molar-refractivity contribution in [1.82, 2.24) is 24.8 Å². The van der Waals surface area contributed by atoms with E-state index in [-0.39, 0.29) is 35.4 Å². The lowest BCUT2D eigenvalue weighted by atomic mass is 10.0. The molecule has 36 heavy (non-hydrogen) atoms. The molecule has 4 heterocycles. The van der Waals surface area contributed by atoms with Gasteiger partial charge in [0.25, 0.3) is 5.91 Å². The van der Waals surface area contributed by atoms with Gasteiger partial charge in [-0.05, 0) is 20.3 Å². The predicted molar refractivity (Wildman–Crippen MR) is 136 cm³/mol. The number of piperidine rings is 1. The molecule has 2 N–H and O–H groups in total. The summed E-state index contributed by atoms with van der Waals surface area (Å²) in [5.41, 5.74) is 1.86. The van der Waals surface area contributed by atoms with Crippen molar-refractivity contribution in [2.75, 3.05) is 31.7 Å². The minimum atomic E-state index is -0.806. The molecule has 1 fully saturated rings. The molecule has 1 saturated heterocycles. The number of carbonyl (C=O) groups excluding carboxylic acids is 2. The first-order valence-corrected chi connectivity index (χ1v) is 12.7. The van der Waals surface area contributed by atoms with Crippen LogP contribution in [0.4, 0.5) is 9.93 Å². The van der Waals surface area contributed by atoms with Crippen LogP contribution in [0.15, 0.2) is 12.5 Å². The molecule has 4 rings (SSSR count). The number of thiazole rings is 1. The number of nitrogens with one attached hydrogen (secondary N) is 2. The van der Waals surface area contributed by atoms with Gasteiger partial charge in [0.1, 0.15) is 17.1 Å². The SMILES string of the molecule is CCOC(=O)Oc1sc(N2CC[C@@H](NC(=O)c3[nH]c(C)c(Cl)c3Cl)[C@@H](OC)C2)nc1-c1cn(C)cn1. The standard InChI is InChI=1S/C22H26Cl2N6O5S/c1-5-34-22(32)35-20-17(13-8-29(3)10-25-13)28-21(36-20)30-7-6-12(14(9-30)33-4)27-19(31)18-16(24)15(23)11(2)26-18/h8,10,12,14,26H,5-7,9H2,1-4H3,(H,27,31)/t12-,14+/m1/s1. The number of H-pyrrole nitrogens is 1. The molecular formula is C22H26Cl2N6O5S. The zero-order valence-corrected chi connectivity index (χ0v) is 22.5. The van der Waals surface area contributed by atoms with Crippen molar-refractivity contribution in [1.29, 1.82) is 0 Å². The molecule has 1 amide bonds. The summed E-state index contributed by atoms with van der Waals surface area (Å²) in [5.74, 6) is -0.354. The molecule has 194 valence electrons. The van der Waals surface area contributed by atoms with Crippen molar-refractivity contribution in [3.05, 3.63) is 34.0 Å². The highest BCUT2D eigenvalue weighted by molar-refractivity contribution is 7.18. The van der Waals surface area contributed by atoms with E-state index in [1.807, 2.05) is 11.9 Å². The fraction of sp³-hybridized carbons (Fsp3) is 0.455. The molecule has 0 radical (unpaired) electrons. The van der Waals surface area contributed by atoms with Gasteiger partial charge < -0.3 is 34.0 Å². The van der Waals surface area contributed by atoms with Crippen LogP contribution in [0.3, 0.4) is 0 Å². The Hall–Kier alpha value is -2.80. The van der Waals surface area contributed by atoms with Gasteiger partial charge in [-0.2, -0.15) is 0 Å². The van der Waals surface area contributed by atoms with E-state index in [0.29, 0.717) is 51.8 Å². The number of imidazole rings is 1. The van der Waals surface area contributed by atoms with E-state index in [2.05, 4.69) is 15.3 Å². The summed E-state index contributed by atoms with van der Waals surface area (Å²) in [6.45, 7) is 4.67. The molecule has 11 nitrogen and oxygen atoms in total. The second-order valence-corrected chi connectivity index (χ2v) is 9.88. The van der Waals surface area contributed by atoms with Gasteiger partial charge in [0.2, 0.25) is 5.06 Å². The summed E-state index contributed by atoms with van der Waals surface area (Å²) < 4.78 is 17.8. The zero-order chi connectivity index (χ0) is 26.0. The van der Waals surface area contributed by atoms with Crippen molar-refractivity contribution < 1.29 is 23.8 Å². The predicted octanol–water partition coefficient (Wildman–Crippen LogP) is 4.05. The molecule has 0 bridgehead atoms. The van der Waals surface area contributed by atoms with Crippen molar-refractivity contribution in [2.45, 2.75) is 32.4 Å². The molecule has 1 aliphatic heterocycles. The van der Waals surface area contributed by atoms with Crippen LogP contribution in [-0.2, 0) is 16.5 Å². The third-order valence-electron chi connectivity index (χ3n) is 5.70. The summed E-state index contributed by atoms with van der Waals surface area (Å²) in [4.78, 5) is 38.8. The van der Waals surface area contributed by atoms with Gasteiger partial charge in [-0.1, -0.05) is 34.5 Å². The van der Waals surface area contributed by atoms with E-state index >= 15 is 0 Å². The summed E-state index contributed by atoms with van der Waals surface area (Å²) in [6.07, 6.45) is 2.88. The Morgan fingerprint density at radius 2 is 2.11 bits per heavy atom. The van der Waals surface area contributed by atoms with Gasteiger partial charge in [-0.15, -0.1) is 0 Å². The van der Waals surface area contributed by atoms with Crippen molar-refractivity contribution in [2.24, 2.45) is 7.05 Å². The van der Waals surface area contributed by atoms with Crippen LogP contribution in [0.1, 0.15) is 29.5 Å². The Balaban J connectivity index is 1.51. The van der Waals surface area contributed by atoms with Crippen LogP contribution in [0.5, 0.6) is 5.06 Å². The molecule has 3 aromatic heterocycles. The highest BCUT2D eigenvalue weighted by atomic mass is 35.5. The Labute approximate surface area is 221 Å². The molecular weight excluding hydrogens is 531 g/mol. The molecule has 0 aliphatic carbocycles. The first-order chi connectivity index (χ1) is 17.2. The van der Waals surface area contributed by atoms with E-state index in [1.54, 1.807) is 38.0 Å². The van der Waals surface area contributed by atoms with Crippen LogP contribution in [-0.4, -0.2) is 70.5 Å². The number of aromatic nitrogens is 4. The normalized spacial score (nSPS) is 17.8. The lowest BCUT2D eigenvalue weighted by molar-refractivity contribution is 0.0540. The molecule has 14 heteroatoms. The number of nitrogens with zero attached hydrogens (tertiary/aromatic N) is 4. The minimum Gasteiger partial charge on any atom is -0.434 e. The summed E-state index contributed by atoms with van der Waals surface area (Å²) >= 11 is 13.5. The highest BCUT2D eigenvalue weighted by Crippen LogP contribution is 2.40. The number of halogens is 2. The molecule has 0 aromatic carbocycles. The number of ether oxygens (including phenoxy) is 3. The van der Waals surface area contributed by atoms with E-state index in [9.17, 15) is 9.59 Å². The van der Waals surface area contributed by atoms with E-state index in [4.69, 9.17) is 42.4 Å². The Morgan fingerprint density at radius 3 is 2.72 bits per heavy atom. The van der Waals surface area contributed by atoms with Gasteiger partial charge in [-0.25, -0.2) is 14.8 Å². The maximum absolute atomic E-state index is 12.8. The van der Waals surface area contributed by atoms with Crippen molar-refractivity contribution >= 4 is 51.7 Å². The summed E-state index contributed by atoms with van der Waals surface area (Å²) in [5, 5.41) is 4.44. The fourth-order valence-electron chi connectivity index (χ4n) is 3.88. The van der Waals surface area contributed by atoms with Gasteiger partial charge in [-0.3, -0.25) is 4.79 Å². The van der Waals surface area contributed by atoms with E-state index < -0.39 is 6.16 Å². The maximum Gasteiger partial charge on any atom is 0.514 e. The van der Waals surface area contributed by atoms with Gasteiger partial charge in [0.05, 0.1) is 35.1 Å². The Kier molecular flexibility index (Phi) is 8.08. The molecule has 1 aliphatic rings. The first kappa shape index (κ1) is 26.3. The lowest BCUT2D eigenvalue weighted by Gasteiger charge is -2.37. The second-order valence-electron chi connectivity index (χ2n) is 8.18. The fourth-order valence-corrected chi connectivity index (χ4v) is 5.25. The number of methoxy groups -OCH3 is 1. The number of aromatic amines is 1. The van der Waals surface area contributed by atoms with Crippen LogP contribution in [0, 0.1) is 6.92 Å². The van der Waals surface area contributed by atoms with Gasteiger partial charge in [0.15, 0.2) is 5.13 Å². The quantitative estimate of drug-likeness (QED) is 0.418. The number of hydrogen-bond donors (Lipinski definition) is 2. The summed E-state index contributed by atoms with van der Waals surface area (Å²) in [6, 6.07) is -0.261. The number of amides is 1. The average Bonchev–Trinajstić information content (AvgIpc) is 3.53. The molecule has 2 atom stereocenters. The molecule has 0 saturated carbocycles. The first-order valence-electron chi connectivity index (χ1n) is 11.2. The Morgan fingerprint density at radius 1 is 1.33 bits per heavy atom. The maximum atomic E-state index is 12.8. The number of rotatable bonds is 7. The molecule has 3 aromatic rings. The summed E-state index contributed by atoms with van der Waals surface area (Å²) in [7, 11) is 3.43. The third-order valence-corrected chi connectivity index (χ3v) is 7.64.